The molecule has 0 fully saturated rings. The Bertz CT molecular complexity index is 269. The van der Waals surface area contributed by atoms with E-state index in [-0.39, 0.29) is 12.1 Å². The van der Waals surface area contributed by atoms with Gasteiger partial charge >= 0.3 is 5.97 Å². The Morgan fingerprint density at radius 2 is 1.25 bits per heavy atom. The first-order chi connectivity index (χ1) is 11.7. The highest BCUT2D eigenvalue weighted by Gasteiger charge is 2.13. The average molecular weight is 405 g/mol. The molecule has 0 bridgehead atoms. The van der Waals surface area contributed by atoms with Crippen LogP contribution in [-0.4, -0.2) is 17.4 Å². The van der Waals surface area contributed by atoms with Crippen LogP contribution in [0.3, 0.4) is 0 Å². The number of hydrogen-bond acceptors (Lipinski definition) is 2. The van der Waals surface area contributed by atoms with Crippen LogP contribution >= 0.6 is 15.9 Å². The first-order valence-electron chi connectivity index (χ1n) is 10.5. The molecule has 2 nitrogen and oxygen atoms in total. The van der Waals surface area contributed by atoms with Gasteiger partial charge in [0, 0.05) is 11.8 Å². The largest absolute Gasteiger partial charge is 0.462 e. The molecular weight excluding hydrogens is 364 g/mol. The number of esters is 1. The van der Waals surface area contributed by atoms with Gasteiger partial charge in [-0.25, -0.2) is 0 Å². The van der Waals surface area contributed by atoms with E-state index < -0.39 is 0 Å². The maximum Gasteiger partial charge on any atom is 0.306 e. The third kappa shape index (κ3) is 16.8. The molecular formula is C21H41BrO2. The normalized spacial score (nSPS) is 12.3. The molecule has 0 aromatic heterocycles. The van der Waals surface area contributed by atoms with Crippen LogP contribution in [0.5, 0.6) is 0 Å². The Balaban J connectivity index is 3.89. The fourth-order valence-electron chi connectivity index (χ4n) is 3.00. The van der Waals surface area contributed by atoms with Gasteiger partial charge in [0.25, 0.3) is 0 Å². The zero-order chi connectivity index (χ0) is 17.9. The second-order valence-electron chi connectivity index (χ2n) is 7.02. The van der Waals surface area contributed by atoms with E-state index in [1.807, 2.05) is 0 Å². The molecule has 0 aromatic carbocycles. The van der Waals surface area contributed by atoms with Gasteiger partial charge in [-0.2, -0.15) is 0 Å². The van der Waals surface area contributed by atoms with Crippen molar-refractivity contribution in [3.8, 4) is 0 Å². The highest BCUT2D eigenvalue weighted by molar-refractivity contribution is 9.09. The van der Waals surface area contributed by atoms with Crippen LogP contribution in [0.2, 0.25) is 0 Å². The topological polar surface area (TPSA) is 26.3 Å². The van der Waals surface area contributed by atoms with Crippen molar-refractivity contribution >= 4 is 21.9 Å². The minimum absolute atomic E-state index is 0.0290. The highest BCUT2D eigenvalue weighted by Crippen LogP contribution is 2.17. The lowest BCUT2D eigenvalue weighted by Gasteiger charge is -2.18. The molecule has 1 unspecified atom stereocenters. The Morgan fingerprint density at radius 1 is 0.750 bits per heavy atom. The van der Waals surface area contributed by atoms with E-state index in [1.165, 1.54) is 70.6 Å². The van der Waals surface area contributed by atoms with Crippen LogP contribution in [0, 0.1) is 0 Å². The fraction of sp³-hybridized carbons (Fsp3) is 0.952. The lowest BCUT2D eigenvalue weighted by Crippen LogP contribution is -2.18. The van der Waals surface area contributed by atoms with Crippen LogP contribution in [0.1, 0.15) is 117 Å². The number of rotatable bonds is 18. The number of halogens is 1. The molecule has 0 saturated heterocycles. The van der Waals surface area contributed by atoms with Crippen LogP contribution in [0.25, 0.3) is 0 Å². The van der Waals surface area contributed by atoms with Gasteiger partial charge in [-0.05, 0) is 38.5 Å². The number of unbranched alkanes of at least 4 members (excludes halogenated alkanes) is 10. The molecule has 0 heterocycles. The van der Waals surface area contributed by atoms with Gasteiger partial charge in [0.1, 0.15) is 6.10 Å². The second kappa shape index (κ2) is 19.3. The minimum Gasteiger partial charge on any atom is -0.462 e. The van der Waals surface area contributed by atoms with E-state index in [0.717, 1.165) is 31.0 Å². The van der Waals surface area contributed by atoms with E-state index in [0.29, 0.717) is 6.42 Å². The average Bonchev–Trinajstić information content (AvgIpc) is 2.57. The summed E-state index contributed by atoms with van der Waals surface area (Å²) in [6.45, 7) is 4.48. The smallest absolute Gasteiger partial charge is 0.306 e. The van der Waals surface area contributed by atoms with E-state index in [1.54, 1.807) is 0 Å². The van der Waals surface area contributed by atoms with Crippen molar-refractivity contribution in [1.29, 1.82) is 0 Å². The molecule has 0 N–H and O–H groups in total. The molecule has 0 aromatic rings. The van der Waals surface area contributed by atoms with Crippen molar-refractivity contribution in [2.24, 2.45) is 0 Å². The lowest BCUT2D eigenvalue weighted by molar-refractivity contribution is -0.150. The molecule has 0 radical (unpaired) electrons. The number of alkyl halides is 1. The van der Waals surface area contributed by atoms with Gasteiger partial charge in [0.15, 0.2) is 0 Å². The fourth-order valence-corrected chi connectivity index (χ4v) is 3.40. The van der Waals surface area contributed by atoms with Crippen molar-refractivity contribution in [3.63, 3.8) is 0 Å². The van der Waals surface area contributed by atoms with E-state index >= 15 is 0 Å². The third-order valence-corrected chi connectivity index (χ3v) is 5.13. The van der Waals surface area contributed by atoms with Crippen molar-refractivity contribution in [2.75, 3.05) is 5.33 Å². The second-order valence-corrected chi connectivity index (χ2v) is 7.81. The highest BCUT2D eigenvalue weighted by atomic mass is 79.9. The summed E-state index contributed by atoms with van der Waals surface area (Å²) in [5.74, 6) is 0.0290. The van der Waals surface area contributed by atoms with Crippen LogP contribution in [-0.2, 0) is 9.53 Å². The summed E-state index contributed by atoms with van der Waals surface area (Å²) in [6, 6.07) is 0. The molecule has 0 amide bonds. The summed E-state index contributed by atoms with van der Waals surface area (Å²) < 4.78 is 5.78. The van der Waals surface area contributed by atoms with Gasteiger partial charge in [-0.1, -0.05) is 87.6 Å². The van der Waals surface area contributed by atoms with Crippen molar-refractivity contribution < 1.29 is 9.53 Å². The summed E-state index contributed by atoms with van der Waals surface area (Å²) in [6.07, 6.45) is 18.9. The van der Waals surface area contributed by atoms with Crippen molar-refractivity contribution in [3.05, 3.63) is 0 Å². The number of carbonyl (C=O) groups is 1. The monoisotopic (exact) mass is 404 g/mol. The van der Waals surface area contributed by atoms with E-state index in [2.05, 4.69) is 29.8 Å². The first-order valence-corrected chi connectivity index (χ1v) is 11.6. The van der Waals surface area contributed by atoms with E-state index in [4.69, 9.17) is 4.74 Å². The van der Waals surface area contributed by atoms with Crippen LogP contribution in [0.4, 0.5) is 0 Å². The summed E-state index contributed by atoms with van der Waals surface area (Å²) >= 11 is 3.45. The van der Waals surface area contributed by atoms with Crippen molar-refractivity contribution in [2.45, 2.75) is 123 Å². The zero-order valence-corrected chi connectivity index (χ0v) is 17.9. The van der Waals surface area contributed by atoms with Gasteiger partial charge < -0.3 is 4.74 Å². The molecule has 0 spiro atoms. The molecule has 0 rings (SSSR count). The number of hydrogen-bond donors (Lipinski definition) is 0. The predicted molar refractivity (Wildman–Crippen MR) is 109 cm³/mol. The standard InChI is InChI=1S/C21H41BrO2/c1-3-5-7-8-9-13-17-20(16-12-6-4-2)24-21(23)18-14-10-11-15-19-22/h20H,3-19H2,1-2H3. The molecule has 0 aliphatic heterocycles. The summed E-state index contributed by atoms with van der Waals surface area (Å²) in [7, 11) is 0. The van der Waals surface area contributed by atoms with Gasteiger partial charge in [-0.3, -0.25) is 4.79 Å². The minimum atomic E-state index is 0.0290. The zero-order valence-electron chi connectivity index (χ0n) is 16.3. The number of ether oxygens (including phenoxy) is 1. The molecule has 0 aliphatic rings. The van der Waals surface area contributed by atoms with Gasteiger partial charge in [0.2, 0.25) is 0 Å². The van der Waals surface area contributed by atoms with Gasteiger partial charge in [-0.15, -0.1) is 0 Å². The Morgan fingerprint density at radius 3 is 1.92 bits per heavy atom. The first kappa shape index (κ1) is 23.9. The third-order valence-electron chi connectivity index (χ3n) is 4.57. The maximum absolute atomic E-state index is 12.1. The molecule has 3 heteroatoms. The number of carbonyl (C=O) groups excluding carboxylic acids is 1. The van der Waals surface area contributed by atoms with Gasteiger partial charge in [0.05, 0.1) is 0 Å². The molecule has 144 valence electrons. The quantitative estimate of drug-likeness (QED) is 0.133. The SMILES string of the molecule is CCCCCCCCC(CCCCC)OC(=O)CCCCCCBr. The Labute approximate surface area is 159 Å². The maximum atomic E-state index is 12.1. The summed E-state index contributed by atoms with van der Waals surface area (Å²) in [5.41, 5.74) is 0. The summed E-state index contributed by atoms with van der Waals surface area (Å²) in [4.78, 5) is 12.1. The Kier molecular flexibility index (Phi) is 19.2. The van der Waals surface area contributed by atoms with Crippen LogP contribution in [0.15, 0.2) is 0 Å². The Hall–Kier alpha value is -0.0500. The van der Waals surface area contributed by atoms with Crippen LogP contribution < -0.4 is 0 Å². The molecule has 24 heavy (non-hydrogen) atoms. The molecule has 0 saturated carbocycles. The van der Waals surface area contributed by atoms with Crippen molar-refractivity contribution in [1.82, 2.24) is 0 Å². The van der Waals surface area contributed by atoms with E-state index in [9.17, 15) is 4.79 Å². The lowest BCUT2D eigenvalue weighted by atomic mass is 10.0. The predicted octanol–water partition coefficient (Wildman–Crippen LogP) is 7.57. The molecule has 1 atom stereocenters. The molecule has 0 aliphatic carbocycles. The summed E-state index contributed by atoms with van der Waals surface area (Å²) in [5, 5.41) is 1.06.